The maximum Gasteiger partial charge on any atom is 0.410 e. The van der Waals surface area contributed by atoms with E-state index < -0.39 is 35.8 Å². The summed E-state index contributed by atoms with van der Waals surface area (Å²) in [6, 6.07) is 15.5. The van der Waals surface area contributed by atoms with Gasteiger partial charge in [0.05, 0.1) is 17.0 Å². The van der Waals surface area contributed by atoms with Gasteiger partial charge in [0.2, 0.25) is 0 Å². The lowest BCUT2D eigenvalue weighted by molar-refractivity contribution is -0.132. The van der Waals surface area contributed by atoms with Gasteiger partial charge < -0.3 is 9.64 Å². The number of rotatable bonds is 4. The lowest BCUT2D eigenvalue weighted by atomic mass is 9.83. The Kier molecular flexibility index (Phi) is 5.59. The average molecular weight is 420 g/mol. The quantitative estimate of drug-likeness (QED) is 0.710. The fourth-order valence-electron chi connectivity index (χ4n) is 4.26. The summed E-state index contributed by atoms with van der Waals surface area (Å²) in [7, 11) is 0. The molecule has 1 fully saturated rings. The van der Waals surface area contributed by atoms with Gasteiger partial charge in [0.1, 0.15) is 12.4 Å². The largest absolute Gasteiger partial charge is 0.445 e. The van der Waals surface area contributed by atoms with Gasteiger partial charge in [0.15, 0.2) is 0 Å². The van der Waals surface area contributed by atoms with E-state index >= 15 is 0 Å². The summed E-state index contributed by atoms with van der Waals surface area (Å²) in [4.78, 5) is 53.8. The third-order valence-corrected chi connectivity index (χ3v) is 6.09. The molecule has 2 aromatic rings. The Balaban J connectivity index is 1.49. The van der Waals surface area contributed by atoms with Crippen molar-refractivity contribution in [1.82, 2.24) is 9.80 Å². The average Bonchev–Trinajstić information content (AvgIpc) is 3.03. The van der Waals surface area contributed by atoms with E-state index in [9.17, 15) is 19.2 Å². The van der Waals surface area contributed by atoms with Crippen LogP contribution in [0.5, 0.6) is 0 Å². The predicted octanol–water partition coefficient (Wildman–Crippen LogP) is 3.14. The first-order valence-corrected chi connectivity index (χ1v) is 10.3. The van der Waals surface area contributed by atoms with Gasteiger partial charge in [-0.3, -0.25) is 19.3 Å². The second kappa shape index (κ2) is 8.34. The first-order valence-electron chi connectivity index (χ1n) is 10.3. The van der Waals surface area contributed by atoms with Gasteiger partial charge in [-0.25, -0.2) is 4.79 Å². The number of benzene rings is 2. The minimum atomic E-state index is -0.671. The zero-order valence-corrected chi connectivity index (χ0v) is 17.5. The minimum Gasteiger partial charge on any atom is -0.445 e. The van der Waals surface area contributed by atoms with Crippen molar-refractivity contribution in [2.24, 2.45) is 11.8 Å². The third-order valence-electron chi connectivity index (χ3n) is 6.09. The minimum absolute atomic E-state index is 0.0564. The van der Waals surface area contributed by atoms with Crippen LogP contribution in [0.25, 0.3) is 0 Å². The molecule has 0 radical (unpaired) electrons. The van der Waals surface area contributed by atoms with Gasteiger partial charge in [0.25, 0.3) is 11.8 Å². The Hall–Kier alpha value is -3.48. The highest BCUT2D eigenvalue weighted by Crippen LogP contribution is 2.30. The van der Waals surface area contributed by atoms with Crippen LogP contribution in [-0.2, 0) is 16.1 Å². The van der Waals surface area contributed by atoms with Gasteiger partial charge in [-0.1, -0.05) is 49.4 Å². The summed E-state index contributed by atoms with van der Waals surface area (Å²) in [5.74, 6) is -1.96. The zero-order valence-electron chi connectivity index (χ0n) is 17.5. The SMILES string of the molecule is C[C@H]1CN(C(=O)OCc2ccccc2)[C@@H](C)[C@H](CN2C(=O)c3ccccc3C2=O)C1=O. The normalized spacial score (nSPS) is 23.2. The molecule has 1 saturated heterocycles. The number of ketones is 1. The fraction of sp³-hybridized carbons (Fsp3) is 0.333. The van der Waals surface area contributed by atoms with Crippen molar-refractivity contribution >= 4 is 23.7 Å². The molecular weight excluding hydrogens is 396 g/mol. The molecular formula is C24H24N2O5. The summed E-state index contributed by atoms with van der Waals surface area (Å²) in [5, 5.41) is 0. The second-order valence-electron chi connectivity index (χ2n) is 8.11. The first-order chi connectivity index (χ1) is 14.9. The highest BCUT2D eigenvalue weighted by molar-refractivity contribution is 6.21. The number of fused-ring (bicyclic) bond motifs is 1. The molecule has 0 aliphatic carbocycles. The molecule has 0 unspecified atom stereocenters. The number of carbonyl (C=O) groups excluding carboxylic acids is 4. The van der Waals surface area contributed by atoms with E-state index in [1.165, 1.54) is 4.90 Å². The molecule has 7 nitrogen and oxygen atoms in total. The number of carbonyl (C=O) groups is 4. The molecule has 0 N–H and O–H groups in total. The molecule has 3 atom stereocenters. The van der Waals surface area contributed by atoms with Crippen molar-refractivity contribution in [3.8, 4) is 0 Å². The van der Waals surface area contributed by atoms with Gasteiger partial charge in [-0.15, -0.1) is 0 Å². The highest BCUT2D eigenvalue weighted by atomic mass is 16.6. The number of piperidine rings is 1. The molecule has 160 valence electrons. The number of hydrogen-bond acceptors (Lipinski definition) is 5. The maximum atomic E-state index is 12.9. The molecule has 3 amide bonds. The Morgan fingerprint density at radius 1 is 0.935 bits per heavy atom. The predicted molar refractivity (Wildman–Crippen MR) is 112 cm³/mol. The van der Waals surface area contributed by atoms with Crippen LogP contribution in [0.2, 0.25) is 0 Å². The van der Waals surface area contributed by atoms with E-state index in [2.05, 4.69) is 0 Å². The number of likely N-dealkylation sites (tertiary alicyclic amines) is 1. The molecule has 2 heterocycles. The van der Waals surface area contributed by atoms with Crippen molar-refractivity contribution < 1.29 is 23.9 Å². The van der Waals surface area contributed by atoms with Gasteiger partial charge >= 0.3 is 6.09 Å². The number of imide groups is 1. The lowest BCUT2D eigenvalue weighted by Crippen LogP contribution is -2.57. The molecule has 0 spiro atoms. The van der Waals surface area contributed by atoms with E-state index in [-0.39, 0.29) is 25.5 Å². The summed E-state index contributed by atoms with van der Waals surface area (Å²) in [6.07, 6.45) is -0.511. The molecule has 0 saturated carbocycles. The monoisotopic (exact) mass is 420 g/mol. The number of ether oxygens (including phenoxy) is 1. The van der Waals surface area contributed by atoms with Gasteiger partial charge in [-0.2, -0.15) is 0 Å². The van der Waals surface area contributed by atoms with E-state index in [1.54, 1.807) is 38.1 Å². The smallest absolute Gasteiger partial charge is 0.410 e. The standard InChI is InChI=1S/C24H24N2O5/c1-15-12-25(24(30)31-14-17-8-4-3-5-9-17)16(2)20(21(15)27)13-26-22(28)18-10-6-7-11-19(18)23(26)29/h3-11,15-16,20H,12-14H2,1-2H3/t15-,16-,20-/m0/s1. The molecule has 2 aliphatic rings. The lowest BCUT2D eigenvalue weighted by Gasteiger charge is -2.41. The van der Waals surface area contributed by atoms with Crippen LogP contribution in [0, 0.1) is 11.8 Å². The van der Waals surface area contributed by atoms with Crippen molar-refractivity contribution in [1.29, 1.82) is 0 Å². The Bertz CT molecular complexity index is 1000. The topological polar surface area (TPSA) is 84.0 Å². The van der Waals surface area contributed by atoms with Crippen LogP contribution >= 0.6 is 0 Å². The van der Waals surface area contributed by atoms with Crippen molar-refractivity contribution in [2.45, 2.75) is 26.5 Å². The van der Waals surface area contributed by atoms with Crippen molar-refractivity contribution in [2.75, 3.05) is 13.1 Å². The molecule has 0 bridgehead atoms. The molecule has 4 rings (SSSR count). The van der Waals surface area contributed by atoms with Crippen LogP contribution in [0.4, 0.5) is 4.79 Å². The van der Waals surface area contributed by atoms with E-state index in [1.807, 2.05) is 30.3 Å². The van der Waals surface area contributed by atoms with Gasteiger partial charge in [0, 0.05) is 25.0 Å². The van der Waals surface area contributed by atoms with Crippen LogP contribution in [0.3, 0.4) is 0 Å². The number of hydrogen-bond donors (Lipinski definition) is 0. The van der Waals surface area contributed by atoms with Gasteiger partial charge in [-0.05, 0) is 24.6 Å². The number of Topliss-reactive ketones (excluding diaryl/α,β-unsaturated/α-hetero) is 1. The van der Waals surface area contributed by atoms with E-state index in [0.717, 1.165) is 10.5 Å². The summed E-state index contributed by atoms with van der Waals surface area (Å²) >= 11 is 0. The third kappa shape index (κ3) is 3.83. The molecule has 7 heteroatoms. The second-order valence-corrected chi connectivity index (χ2v) is 8.11. The Morgan fingerprint density at radius 2 is 1.52 bits per heavy atom. The number of amides is 3. The van der Waals surface area contributed by atoms with E-state index in [4.69, 9.17) is 4.74 Å². The summed E-state index contributed by atoms with van der Waals surface area (Å²) in [6.45, 7) is 3.83. The van der Waals surface area contributed by atoms with Crippen LogP contribution in [0.15, 0.2) is 54.6 Å². The fourth-order valence-corrected chi connectivity index (χ4v) is 4.26. The van der Waals surface area contributed by atoms with Crippen LogP contribution < -0.4 is 0 Å². The molecule has 31 heavy (non-hydrogen) atoms. The zero-order chi connectivity index (χ0) is 22.1. The van der Waals surface area contributed by atoms with Crippen LogP contribution in [-0.4, -0.2) is 52.6 Å². The maximum absolute atomic E-state index is 12.9. The first kappa shape index (κ1) is 20.8. The summed E-state index contributed by atoms with van der Waals surface area (Å²) < 4.78 is 5.46. The van der Waals surface area contributed by atoms with E-state index in [0.29, 0.717) is 11.1 Å². The molecule has 2 aromatic carbocycles. The van der Waals surface area contributed by atoms with Crippen molar-refractivity contribution in [3.63, 3.8) is 0 Å². The molecule has 0 aromatic heterocycles. The molecule has 2 aliphatic heterocycles. The number of nitrogens with zero attached hydrogens (tertiary/aromatic N) is 2. The summed E-state index contributed by atoms with van der Waals surface area (Å²) in [5.41, 5.74) is 1.55. The highest BCUT2D eigenvalue weighted by Gasteiger charge is 2.45. The van der Waals surface area contributed by atoms with Crippen LogP contribution in [0.1, 0.15) is 40.1 Å². The van der Waals surface area contributed by atoms with Crippen molar-refractivity contribution in [3.05, 3.63) is 71.3 Å². The Labute approximate surface area is 180 Å². The Morgan fingerprint density at radius 3 is 2.13 bits per heavy atom.